The van der Waals surface area contributed by atoms with E-state index in [1.807, 2.05) is 0 Å². The fourth-order valence-electron chi connectivity index (χ4n) is 1.88. The van der Waals surface area contributed by atoms with Crippen molar-refractivity contribution in [2.24, 2.45) is 5.92 Å². The number of benzene rings is 1. The molecule has 1 aliphatic heterocycles. The number of halogens is 1. The van der Waals surface area contributed by atoms with E-state index in [2.05, 4.69) is 0 Å². The van der Waals surface area contributed by atoms with Gasteiger partial charge in [-0.3, -0.25) is 9.59 Å². The first-order chi connectivity index (χ1) is 7.99. The zero-order valence-corrected chi connectivity index (χ0v) is 9.65. The van der Waals surface area contributed by atoms with Gasteiger partial charge in [0.05, 0.1) is 17.3 Å². The lowest BCUT2D eigenvalue weighted by Crippen LogP contribution is -2.26. The van der Waals surface area contributed by atoms with Crippen LogP contribution in [0.3, 0.4) is 0 Å². The molecule has 0 aromatic heterocycles. The number of aliphatic carboxylic acids is 1. The smallest absolute Gasteiger partial charge is 0.308 e. The predicted octanol–water partition coefficient (Wildman–Crippen LogP) is 1.36. The molecule has 0 radical (unpaired) electrons. The molecule has 1 unspecified atom stereocenters. The quantitative estimate of drug-likeness (QED) is 0.781. The monoisotopic (exact) mass is 254 g/mol. The van der Waals surface area contributed by atoms with E-state index in [9.17, 15) is 9.59 Å². The summed E-state index contributed by atoms with van der Waals surface area (Å²) in [5.41, 5.74) is 6.65. The number of nitrogen functional groups attached to an aromatic ring is 1. The highest BCUT2D eigenvalue weighted by Crippen LogP contribution is 2.31. The number of amides is 1. The van der Waals surface area contributed by atoms with Gasteiger partial charge in [0.15, 0.2) is 0 Å². The zero-order chi connectivity index (χ0) is 12.6. The van der Waals surface area contributed by atoms with Crippen LogP contribution in [0, 0.1) is 5.92 Å². The number of rotatable bonds is 2. The fourth-order valence-corrected chi connectivity index (χ4v) is 2.06. The normalized spacial score (nSPS) is 19.7. The largest absolute Gasteiger partial charge is 0.481 e. The Bertz CT molecular complexity index is 490. The van der Waals surface area contributed by atoms with Crippen molar-refractivity contribution in [1.29, 1.82) is 0 Å². The van der Waals surface area contributed by atoms with Crippen molar-refractivity contribution in [3.63, 3.8) is 0 Å². The first-order valence-electron chi connectivity index (χ1n) is 5.07. The van der Waals surface area contributed by atoms with Gasteiger partial charge in [0.1, 0.15) is 0 Å². The Balaban J connectivity index is 2.29. The first kappa shape index (κ1) is 11.7. The van der Waals surface area contributed by atoms with Crippen LogP contribution in [0.25, 0.3) is 0 Å². The molecule has 1 fully saturated rings. The van der Waals surface area contributed by atoms with E-state index in [-0.39, 0.29) is 18.9 Å². The molecule has 2 rings (SSSR count). The molecular formula is C11H11ClN2O3. The Labute approximate surface area is 103 Å². The summed E-state index contributed by atoms with van der Waals surface area (Å²) >= 11 is 5.76. The Morgan fingerprint density at radius 3 is 2.76 bits per heavy atom. The van der Waals surface area contributed by atoms with Crippen LogP contribution in [0.15, 0.2) is 18.2 Å². The predicted molar refractivity (Wildman–Crippen MR) is 64.0 cm³/mol. The molecule has 1 aromatic rings. The standard InChI is InChI=1S/C11H11ClN2O3/c12-7-1-2-9(8(13)4-7)14-5-6(11(16)17)3-10(14)15/h1-2,4,6H,3,5,13H2,(H,16,17). The highest BCUT2D eigenvalue weighted by Gasteiger charge is 2.35. The molecule has 1 heterocycles. The number of carboxylic acid groups (broad SMARTS) is 1. The van der Waals surface area contributed by atoms with Gasteiger partial charge in [0, 0.05) is 18.0 Å². The SMILES string of the molecule is Nc1cc(Cl)ccc1N1CC(C(=O)O)CC1=O. The second-order valence-electron chi connectivity index (χ2n) is 3.95. The summed E-state index contributed by atoms with van der Waals surface area (Å²) in [6.07, 6.45) is 0.0113. The second kappa shape index (κ2) is 4.25. The van der Waals surface area contributed by atoms with Crippen molar-refractivity contribution >= 4 is 34.9 Å². The van der Waals surface area contributed by atoms with E-state index in [0.717, 1.165) is 0 Å². The van der Waals surface area contributed by atoms with Crippen LogP contribution in [-0.2, 0) is 9.59 Å². The summed E-state index contributed by atoms with van der Waals surface area (Å²) in [7, 11) is 0. The average Bonchev–Trinajstić information content (AvgIpc) is 2.61. The molecule has 1 saturated heterocycles. The Hall–Kier alpha value is -1.75. The molecule has 0 aliphatic carbocycles. The minimum atomic E-state index is -0.964. The van der Waals surface area contributed by atoms with Crippen molar-refractivity contribution in [2.45, 2.75) is 6.42 Å². The molecule has 0 spiro atoms. The summed E-state index contributed by atoms with van der Waals surface area (Å²) in [5.74, 6) is -1.86. The number of hydrogen-bond acceptors (Lipinski definition) is 3. The zero-order valence-electron chi connectivity index (χ0n) is 8.89. The summed E-state index contributed by atoms with van der Waals surface area (Å²) < 4.78 is 0. The van der Waals surface area contributed by atoms with Crippen LogP contribution in [-0.4, -0.2) is 23.5 Å². The van der Waals surface area contributed by atoms with E-state index >= 15 is 0 Å². The van der Waals surface area contributed by atoms with Gasteiger partial charge in [0.2, 0.25) is 5.91 Å². The Kier molecular flexibility index (Phi) is 2.93. The maximum atomic E-state index is 11.7. The van der Waals surface area contributed by atoms with Gasteiger partial charge < -0.3 is 15.7 Å². The van der Waals surface area contributed by atoms with Crippen molar-refractivity contribution < 1.29 is 14.7 Å². The van der Waals surface area contributed by atoms with Gasteiger partial charge in [-0.2, -0.15) is 0 Å². The van der Waals surface area contributed by atoms with E-state index in [4.69, 9.17) is 22.4 Å². The molecular weight excluding hydrogens is 244 g/mol. The fraction of sp³-hybridized carbons (Fsp3) is 0.273. The lowest BCUT2D eigenvalue weighted by molar-refractivity contribution is -0.141. The number of carboxylic acids is 1. The van der Waals surface area contributed by atoms with Crippen molar-refractivity contribution in [3.8, 4) is 0 Å². The molecule has 1 aliphatic rings. The Morgan fingerprint density at radius 1 is 1.53 bits per heavy atom. The van der Waals surface area contributed by atoms with Crippen molar-refractivity contribution in [3.05, 3.63) is 23.2 Å². The number of anilines is 2. The summed E-state index contributed by atoms with van der Waals surface area (Å²) in [6, 6.07) is 4.78. The number of carbonyl (C=O) groups is 2. The third kappa shape index (κ3) is 2.19. The average molecular weight is 255 g/mol. The van der Waals surface area contributed by atoms with E-state index < -0.39 is 11.9 Å². The number of carbonyl (C=O) groups excluding carboxylic acids is 1. The number of nitrogens with two attached hydrogens (primary N) is 1. The van der Waals surface area contributed by atoms with Gasteiger partial charge in [-0.25, -0.2) is 0 Å². The van der Waals surface area contributed by atoms with Gasteiger partial charge in [0.25, 0.3) is 0 Å². The molecule has 17 heavy (non-hydrogen) atoms. The van der Waals surface area contributed by atoms with E-state index in [1.54, 1.807) is 12.1 Å². The highest BCUT2D eigenvalue weighted by atomic mass is 35.5. The maximum Gasteiger partial charge on any atom is 0.308 e. The van der Waals surface area contributed by atoms with Crippen LogP contribution >= 0.6 is 11.6 Å². The molecule has 1 atom stereocenters. The van der Waals surface area contributed by atoms with Crippen LogP contribution < -0.4 is 10.6 Å². The van der Waals surface area contributed by atoms with Crippen LogP contribution in [0.5, 0.6) is 0 Å². The lowest BCUT2D eigenvalue weighted by atomic mass is 10.1. The minimum absolute atomic E-state index is 0.0113. The topological polar surface area (TPSA) is 83.6 Å². The maximum absolute atomic E-state index is 11.7. The van der Waals surface area contributed by atoms with Crippen LogP contribution in [0.4, 0.5) is 11.4 Å². The van der Waals surface area contributed by atoms with Crippen LogP contribution in [0.2, 0.25) is 5.02 Å². The van der Waals surface area contributed by atoms with Gasteiger partial charge in [-0.05, 0) is 18.2 Å². The van der Waals surface area contributed by atoms with Crippen LogP contribution in [0.1, 0.15) is 6.42 Å². The number of hydrogen-bond donors (Lipinski definition) is 2. The molecule has 5 nitrogen and oxygen atoms in total. The highest BCUT2D eigenvalue weighted by molar-refractivity contribution is 6.31. The summed E-state index contributed by atoms with van der Waals surface area (Å²) in [5, 5.41) is 9.36. The lowest BCUT2D eigenvalue weighted by Gasteiger charge is -2.18. The Morgan fingerprint density at radius 2 is 2.24 bits per heavy atom. The van der Waals surface area contributed by atoms with Crippen molar-refractivity contribution in [1.82, 2.24) is 0 Å². The third-order valence-corrected chi connectivity index (χ3v) is 2.99. The molecule has 6 heteroatoms. The first-order valence-corrected chi connectivity index (χ1v) is 5.45. The summed E-state index contributed by atoms with van der Waals surface area (Å²) in [6.45, 7) is 0.153. The third-order valence-electron chi connectivity index (χ3n) is 2.75. The van der Waals surface area contributed by atoms with Crippen molar-refractivity contribution in [2.75, 3.05) is 17.2 Å². The number of nitrogens with zero attached hydrogens (tertiary/aromatic N) is 1. The van der Waals surface area contributed by atoms with Gasteiger partial charge >= 0.3 is 5.97 Å². The molecule has 3 N–H and O–H groups in total. The van der Waals surface area contributed by atoms with Gasteiger partial charge in [-0.1, -0.05) is 11.6 Å². The van der Waals surface area contributed by atoms with E-state index in [1.165, 1.54) is 11.0 Å². The molecule has 0 saturated carbocycles. The minimum Gasteiger partial charge on any atom is -0.481 e. The second-order valence-corrected chi connectivity index (χ2v) is 4.38. The molecule has 1 amide bonds. The van der Waals surface area contributed by atoms with E-state index in [0.29, 0.717) is 16.4 Å². The summed E-state index contributed by atoms with van der Waals surface area (Å²) in [4.78, 5) is 23.9. The molecule has 90 valence electrons. The molecule has 0 bridgehead atoms. The van der Waals surface area contributed by atoms with Gasteiger partial charge in [-0.15, -0.1) is 0 Å². The molecule has 1 aromatic carbocycles.